The van der Waals surface area contributed by atoms with Crippen molar-refractivity contribution in [2.24, 2.45) is 0 Å². The van der Waals surface area contributed by atoms with Gasteiger partial charge in [0.15, 0.2) is 5.75 Å². The number of phenols is 1. The quantitative estimate of drug-likeness (QED) is 0.668. The molecule has 0 aromatic heterocycles. The maximum atomic E-state index is 14.3. The van der Waals surface area contributed by atoms with Gasteiger partial charge in [-0.15, -0.1) is 11.6 Å². The third-order valence-corrected chi connectivity index (χ3v) is 4.71. The van der Waals surface area contributed by atoms with Crippen molar-refractivity contribution < 1.29 is 14.2 Å². The Hall–Kier alpha value is -1.42. The molecule has 0 radical (unpaired) electrons. The number of alkyl halides is 1. The van der Waals surface area contributed by atoms with E-state index < -0.39 is 5.82 Å². The van der Waals surface area contributed by atoms with Crippen LogP contribution in [-0.2, 0) is 6.42 Å². The van der Waals surface area contributed by atoms with Gasteiger partial charge in [0.1, 0.15) is 18.2 Å². The number of aromatic hydroxyl groups is 1. The third kappa shape index (κ3) is 3.21. The van der Waals surface area contributed by atoms with Crippen LogP contribution in [0.1, 0.15) is 23.1 Å². The van der Waals surface area contributed by atoms with Crippen molar-refractivity contribution in [1.82, 2.24) is 0 Å². The lowest BCUT2D eigenvalue weighted by atomic mass is 9.86. The molecule has 1 aliphatic rings. The zero-order valence-electron chi connectivity index (χ0n) is 12.6. The molecule has 24 heavy (non-hydrogen) atoms. The molecule has 0 aliphatic heterocycles. The minimum absolute atomic E-state index is 0.117. The third-order valence-electron chi connectivity index (χ3n) is 3.88. The van der Waals surface area contributed by atoms with E-state index in [1.54, 1.807) is 12.1 Å². The molecule has 0 heterocycles. The van der Waals surface area contributed by atoms with E-state index in [0.717, 1.165) is 23.6 Å². The topological polar surface area (TPSA) is 29.5 Å². The summed E-state index contributed by atoms with van der Waals surface area (Å²) in [5.41, 5.74) is 2.76. The van der Waals surface area contributed by atoms with E-state index in [4.69, 9.17) is 39.5 Å². The smallest absolute Gasteiger partial charge is 0.156 e. The van der Waals surface area contributed by atoms with Crippen LogP contribution < -0.4 is 4.74 Å². The van der Waals surface area contributed by atoms with Gasteiger partial charge in [0.25, 0.3) is 0 Å². The normalized spacial score (nSPS) is 13.4. The molecule has 1 aliphatic carbocycles. The van der Waals surface area contributed by atoms with Crippen molar-refractivity contribution in [3.63, 3.8) is 0 Å². The van der Waals surface area contributed by atoms with Gasteiger partial charge in [-0.1, -0.05) is 29.3 Å². The molecule has 3 rings (SSSR count). The summed E-state index contributed by atoms with van der Waals surface area (Å²) in [6, 6.07) is 5.83. The summed E-state index contributed by atoms with van der Waals surface area (Å²) < 4.78 is 19.8. The average Bonchev–Trinajstić information content (AvgIpc) is 2.55. The standard InChI is InChI=1S/C18H14Cl3FO2/c19-6-7-24-18-15(20)9-14-11(2-1-3-13(14)17(18)21)12-5-4-10(23)8-16(12)22/h2,4-5,8-9,23H,1,3,6-7H2. The largest absolute Gasteiger partial charge is 0.508 e. The Morgan fingerprint density at radius 2 is 1.96 bits per heavy atom. The number of phenolic OH excluding ortho intramolecular Hbond substituents is 1. The summed E-state index contributed by atoms with van der Waals surface area (Å²) in [6.45, 7) is 0.301. The first-order chi connectivity index (χ1) is 11.5. The predicted octanol–water partition coefficient (Wildman–Crippen LogP) is 5.83. The molecule has 0 amide bonds. The number of halogens is 4. The van der Waals surface area contributed by atoms with E-state index in [9.17, 15) is 9.50 Å². The molecule has 0 unspecified atom stereocenters. The first-order valence-electron chi connectivity index (χ1n) is 7.42. The Morgan fingerprint density at radius 3 is 2.67 bits per heavy atom. The molecule has 0 saturated carbocycles. The summed E-state index contributed by atoms with van der Waals surface area (Å²) in [5, 5.41) is 10.2. The molecule has 126 valence electrons. The van der Waals surface area contributed by atoms with Gasteiger partial charge in [-0.25, -0.2) is 4.39 Å². The van der Waals surface area contributed by atoms with Crippen molar-refractivity contribution in [2.45, 2.75) is 12.8 Å². The van der Waals surface area contributed by atoms with Crippen LogP contribution in [0.3, 0.4) is 0 Å². The van der Waals surface area contributed by atoms with Crippen LogP contribution in [0.4, 0.5) is 4.39 Å². The van der Waals surface area contributed by atoms with Gasteiger partial charge in [0.2, 0.25) is 0 Å². The van der Waals surface area contributed by atoms with E-state index >= 15 is 0 Å². The average molecular weight is 388 g/mol. The van der Waals surface area contributed by atoms with Crippen molar-refractivity contribution in [3.05, 3.63) is 62.9 Å². The monoisotopic (exact) mass is 386 g/mol. The van der Waals surface area contributed by atoms with E-state index in [-0.39, 0.29) is 5.75 Å². The van der Waals surface area contributed by atoms with Gasteiger partial charge in [0.05, 0.1) is 15.9 Å². The van der Waals surface area contributed by atoms with Crippen molar-refractivity contribution in [3.8, 4) is 11.5 Å². The lowest BCUT2D eigenvalue weighted by Crippen LogP contribution is -2.07. The summed E-state index contributed by atoms with van der Waals surface area (Å²) in [7, 11) is 0. The van der Waals surface area contributed by atoms with Crippen molar-refractivity contribution >= 4 is 40.4 Å². The Morgan fingerprint density at radius 1 is 1.17 bits per heavy atom. The van der Waals surface area contributed by atoms with Crippen LogP contribution in [0.5, 0.6) is 11.5 Å². The first-order valence-corrected chi connectivity index (χ1v) is 8.71. The summed E-state index contributed by atoms with van der Waals surface area (Å²) in [4.78, 5) is 0. The molecular weight excluding hydrogens is 374 g/mol. The molecule has 0 bridgehead atoms. The minimum Gasteiger partial charge on any atom is -0.508 e. The maximum Gasteiger partial charge on any atom is 0.156 e. The molecule has 0 saturated heterocycles. The highest BCUT2D eigenvalue weighted by Crippen LogP contribution is 2.44. The molecule has 2 nitrogen and oxygen atoms in total. The lowest BCUT2D eigenvalue weighted by Gasteiger charge is -2.22. The van der Waals surface area contributed by atoms with Gasteiger partial charge in [0, 0.05) is 11.6 Å². The first kappa shape index (κ1) is 17.4. The number of hydrogen-bond donors (Lipinski definition) is 1. The van der Waals surface area contributed by atoms with E-state index in [2.05, 4.69) is 0 Å². The van der Waals surface area contributed by atoms with Gasteiger partial charge < -0.3 is 9.84 Å². The second-order valence-corrected chi connectivity index (χ2v) is 6.55. The Labute approximate surface area is 154 Å². The number of benzene rings is 2. The zero-order valence-corrected chi connectivity index (χ0v) is 14.9. The van der Waals surface area contributed by atoms with Crippen molar-refractivity contribution in [2.75, 3.05) is 12.5 Å². The summed E-state index contributed by atoms with van der Waals surface area (Å²) >= 11 is 18.4. The van der Waals surface area contributed by atoms with E-state index in [1.165, 1.54) is 6.07 Å². The van der Waals surface area contributed by atoms with Crippen LogP contribution in [-0.4, -0.2) is 17.6 Å². The van der Waals surface area contributed by atoms with Gasteiger partial charge >= 0.3 is 0 Å². The van der Waals surface area contributed by atoms with Crippen LogP contribution in [0.15, 0.2) is 30.3 Å². The van der Waals surface area contributed by atoms with Crippen LogP contribution in [0, 0.1) is 5.82 Å². The van der Waals surface area contributed by atoms with Gasteiger partial charge in [-0.05, 0) is 47.7 Å². The number of hydrogen-bond acceptors (Lipinski definition) is 2. The van der Waals surface area contributed by atoms with Crippen LogP contribution in [0.2, 0.25) is 10.0 Å². The SMILES string of the molecule is Oc1ccc(C2=CCCc3c2cc(Cl)c(OCCCl)c3Cl)c(F)c1. The number of ether oxygens (including phenoxy) is 1. The molecule has 2 aromatic rings. The molecule has 2 aromatic carbocycles. The van der Waals surface area contributed by atoms with Crippen LogP contribution in [0.25, 0.3) is 5.57 Å². The number of allylic oxidation sites excluding steroid dienone is 1. The fourth-order valence-electron chi connectivity index (χ4n) is 2.85. The van der Waals surface area contributed by atoms with Crippen LogP contribution >= 0.6 is 34.8 Å². The highest BCUT2D eigenvalue weighted by Gasteiger charge is 2.23. The van der Waals surface area contributed by atoms with E-state index in [0.29, 0.717) is 45.8 Å². The Balaban J connectivity index is 2.11. The highest BCUT2D eigenvalue weighted by atomic mass is 35.5. The lowest BCUT2D eigenvalue weighted by molar-refractivity contribution is 0.343. The van der Waals surface area contributed by atoms with Crippen molar-refractivity contribution in [1.29, 1.82) is 0 Å². The molecule has 6 heteroatoms. The molecule has 0 atom stereocenters. The second kappa shape index (κ2) is 7.22. The molecular formula is C18H14Cl3FO2. The fraction of sp³-hybridized carbons (Fsp3) is 0.222. The predicted molar refractivity (Wildman–Crippen MR) is 96.1 cm³/mol. The zero-order chi connectivity index (χ0) is 17.3. The van der Waals surface area contributed by atoms with Gasteiger partial charge in [-0.3, -0.25) is 0 Å². The maximum absolute atomic E-state index is 14.3. The van der Waals surface area contributed by atoms with E-state index in [1.807, 2.05) is 6.08 Å². The van der Waals surface area contributed by atoms with Gasteiger partial charge in [-0.2, -0.15) is 0 Å². The Kier molecular flexibility index (Phi) is 5.24. The molecule has 0 spiro atoms. The Bertz CT molecular complexity index is 818. The summed E-state index contributed by atoms with van der Waals surface area (Å²) in [5.74, 6) is 0.121. The number of rotatable bonds is 4. The minimum atomic E-state index is -0.496. The molecule has 0 fully saturated rings. The fourth-order valence-corrected chi connectivity index (χ4v) is 3.58. The number of fused-ring (bicyclic) bond motifs is 1. The molecule has 1 N–H and O–H groups in total. The second-order valence-electron chi connectivity index (χ2n) is 5.39. The highest BCUT2D eigenvalue weighted by molar-refractivity contribution is 6.38. The summed E-state index contributed by atoms with van der Waals surface area (Å²) in [6.07, 6.45) is 3.38.